The molecule has 3 heteroatoms. The molecular weight excluding hydrogens is 220 g/mol. The van der Waals surface area contributed by atoms with Crippen LogP contribution in [0.3, 0.4) is 0 Å². The van der Waals surface area contributed by atoms with E-state index in [4.69, 9.17) is 5.73 Å². The van der Waals surface area contributed by atoms with E-state index in [9.17, 15) is 8.78 Å². The van der Waals surface area contributed by atoms with Crippen molar-refractivity contribution < 1.29 is 8.78 Å². The van der Waals surface area contributed by atoms with Gasteiger partial charge in [0.1, 0.15) is 0 Å². The van der Waals surface area contributed by atoms with Crippen LogP contribution in [0.1, 0.15) is 43.7 Å². The van der Waals surface area contributed by atoms with Gasteiger partial charge in [-0.3, -0.25) is 0 Å². The molecule has 1 nitrogen and oxygen atoms in total. The van der Waals surface area contributed by atoms with Gasteiger partial charge in [0.15, 0.2) is 0 Å². The van der Waals surface area contributed by atoms with Gasteiger partial charge in [0, 0.05) is 23.9 Å². The molecule has 1 aliphatic rings. The monoisotopic (exact) mass is 239 g/mol. The Hall–Kier alpha value is -0.960. The highest BCUT2D eigenvalue weighted by Gasteiger charge is 2.37. The number of hydrogen-bond donors (Lipinski definition) is 1. The topological polar surface area (TPSA) is 26.0 Å². The lowest BCUT2D eigenvalue weighted by Crippen LogP contribution is -2.41. The Morgan fingerprint density at radius 1 is 1.24 bits per heavy atom. The summed E-state index contributed by atoms with van der Waals surface area (Å²) in [5, 5.41) is 0. The second-order valence-electron chi connectivity index (χ2n) is 4.97. The van der Waals surface area contributed by atoms with Crippen LogP contribution in [-0.4, -0.2) is 6.54 Å². The molecule has 0 atom stereocenters. The highest BCUT2D eigenvalue weighted by molar-refractivity contribution is 5.33. The minimum absolute atomic E-state index is 0.0556. The largest absolute Gasteiger partial charge is 0.330 e. The van der Waals surface area contributed by atoms with Gasteiger partial charge >= 0.3 is 0 Å². The molecule has 1 saturated carbocycles. The Morgan fingerprint density at radius 2 is 1.82 bits per heavy atom. The lowest BCUT2D eigenvalue weighted by Gasteiger charge is -2.41. The van der Waals surface area contributed by atoms with Gasteiger partial charge in [0.05, 0.1) is 0 Å². The first-order valence-electron chi connectivity index (χ1n) is 6.23. The Morgan fingerprint density at radius 3 is 2.18 bits per heavy atom. The van der Waals surface area contributed by atoms with Gasteiger partial charge in [-0.15, -0.1) is 0 Å². The summed E-state index contributed by atoms with van der Waals surface area (Å²) in [6.45, 7) is 2.11. The Balaban J connectivity index is 2.24. The first-order chi connectivity index (χ1) is 8.04. The maximum Gasteiger partial charge on any atom is 0.273 e. The van der Waals surface area contributed by atoms with Crippen LogP contribution in [0.25, 0.3) is 0 Å². The van der Waals surface area contributed by atoms with E-state index in [0.717, 1.165) is 18.4 Å². The molecule has 0 amide bonds. The fourth-order valence-corrected chi connectivity index (χ4v) is 2.49. The van der Waals surface area contributed by atoms with Gasteiger partial charge in [-0.25, -0.2) is 8.78 Å². The highest BCUT2D eigenvalue weighted by atomic mass is 19.3. The average Bonchev–Trinajstić information content (AvgIpc) is 2.29. The minimum Gasteiger partial charge on any atom is -0.330 e. The molecule has 94 valence electrons. The van der Waals surface area contributed by atoms with E-state index < -0.39 is 5.92 Å². The van der Waals surface area contributed by atoms with Crippen molar-refractivity contribution >= 4 is 0 Å². The summed E-state index contributed by atoms with van der Waals surface area (Å²) in [5.41, 5.74) is 7.08. The smallest absolute Gasteiger partial charge is 0.273 e. The minimum atomic E-state index is -2.71. The molecule has 2 rings (SSSR count). The first kappa shape index (κ1) is 12.5. The Labute approximate surface area is 101 Å². The molecule has 0 unspecified atom stereocenters. The molecule has 1 fully saturated rings. The summed E-state index contributed by atoms with van der Waals surface area (Å²) >= 11 is 0. The van der Waals surface area contributed by atoms with E-state index in [1.165, 1.54) is 13.3 Å². The van der Waals surface area contributed by atoms with Gasteiger partial charge in [-0.2, -0.15) is 0 Å². The van der Waals surface area contributed by atoms with Crippen molar-refractivity contribution in [1.29, 1.82) is 0 Å². The van der Waals surface area contributed by atoms with Crippen LogP contribution in [-0.2, 0) is 11.3 Å². The van der Waals surface area contributed by atoms with Crippen LogP contribution in [0, 0.1) is 0 Å². The summed E-state index contributed by atoms with van der Waals surface area (Å²) in [5.74, 6) is -2.71. The summed E-state index contributed by atoms with van der Waals surface area (Å²) in [6.07, 6.45) is 3.18. The van der Waals surface area contributed by atoms with Crippen molar-refractivity contribution in [1.82, 2.24) is 0 Å². The maximum absolute atomic E-state index is 13.5. The van der Waals surface area contributed by atoms with Gasteiger partial charge in [0.2, 0.25) is 0 Å². The van der Waals surface area contributed by atoms with Crippen molar-refractivity contribution in [2.75, 3.05) is 6.54 Å². The third kappa shape index (κ3) is 2.08. The molecule has 0 aliphatic heterocycles. The van der Waals surface area contributed by atoms with Gasteiger partial charge in [0.25, 0.3) is 5.92 Å². The predicted molar refractivity (Wildman–Crippen MR) is 65.2 cm³/mol. The van der Waals surface area contributed by atoms with Crippen LogP contribution in [0.4, 0.5) is 8.78 Å². The zero-order chi connectivity index (χ0) is 12.5. The van der Waals surface area contributed by atoms with E-state index in [1.807, 2.05) is 12.1 Å². The second-order valence-corrected chi connectivity index (χ2v) is 4.97. The third-order valence-corrected chi connectivity index (χ3v) is 4.07. The average molecular weight is 239 g/mol. The zero-order valence-corrected chi connectivity index (χ0v) is 10.2. The van der Waals surface area contributed by atoms with Crippen LogP contribution in [0.5, 0.6) is 0 Å². The predicted octanol–water partition coefficient (Wildman–Crippen LogP) is 3.57. The van der Waals surface area contributed by atoms with Gasteiger partial charge in [-0.05, 0) is 18.4 Å². The summed E-state index contributed by atoms with van der Waals surface area (Å²) in [4.78, 5) is 0. The number of halogens is 2. The zero-order valence-electron chi connectivity index (χ0n) is 10.2. The van der Waals surface area contributed by atoms with Crippen molar-refractivity contribution in [2.24, 2.45) is 5.73 Å². The number of hydrogen-bond acceptors (Lipinski definition) is 1. The molecule has 0 aromatic heterocycles. The van der Waals surface area contributed by atoms with Crippen molar-refractivity contribution in [3.8, 4) is 0 Å². The lowest BCUT2D eigenvalue weighted by molar-refractivity contribution is -0.00833. The van der Waals surface area contributed by atoms with E-state index in [2.05, 4.69) is 0 Å². The van der Waals surface area contributed by atoms with E-state index in [1.54, 1.807) is 12.1 Å². The van der Waals surface area contributed by atoms with Gasteiger partial charge < -0.3 is 5.73 Å². The highest BCUT2D eigenvalue weighted by Crippen LogP contribution is 2.43. The molecule has 17 heavy (non-hydrogen) atoms. The SMILES string of the molecule is CCC(F)(F)c1ccc(C2(CN)CCC2)cc1. The fourth-order valence-electron chi connectivity index (χ4n) is 2.49. The molecule has 0 spiro atoms. The lowest BCUT2D eigenvalue weighted by atomic mass is 9.64. The van der Waals surface area contributed by atoms with E-state index in [-0.39, 0.29) is 17.4 Å². The number of alkyl halides is 2. The summed E-state index contributed by atoms with van der Waals surface area (Å²) < 4.78 is 26.9. The van der Waals surface area contributed by atoms with Crippen molar-refractivity contribution in [2.45, 2.75) is 43.9 Å². The standard InChI is InChI=1S/C14H19F2N/c1-2-14(15,16)12-6-4-11(5-7-12)13(10-17)8-3-9-13/h4-7H,2-3,8-10,17H2,1H3. The quantitative estimate of drug-likeness (QED) is 0.854. The van der Waals surface area contributed by atoms with Crippen molar-refractivity contribution in [3.63, 3.8) is 0 Å². The fraction of sp³-hybridized carbons (Fsp3) is 0.571. The molecule has 1 aliphatic carbocycles. The molecule has 0 heterocycles. The number of nitrogens with two attached hydrogens (primary N) is 1. The summed E-state index contributed by atoms with van der Waals surface area (Å²) in [6, 6.07) is 6.75. The Kier molecular flexibility index (Phi) is 3.21. The molecule has 1 aromatic rings. The normalized spacial score (nSPS) is 18.8. The molecule has 2 N–H and O–H groups in total. The van der Waals surface area contributed by atoms with Crippen LogP contribution < -0.4 is 5.73 Å². The number of benzene rings is 1. The third-order valence-electron chi connectivity index (χ3n) is 4.07. The number of rotatable bonds is 4. The second kappa shape index (κ2) is 4.37. The van der Waals surface area contributed by atoms with E-state index >= 15 is 0 Å². The first-order valence-corrected chi connectivity index (χ1v) is 6.23. The van der Waals surface area contributed by atoms with E-state index in [0.29, 0.717) is 6.54 Å². The molecule has 0 radical (unpaired) electrons. The van der Waals surface area contributed by atoms with Crippen molar-refractivity contribution in [3.05, 3.63) is 35.4 Å². The molecular formula is C14H19F2N. The van der Waals surface area contributed by atoms with Crippen LogP contribution in [0.2, 0.25) is 0 Å². The Bertz CT molecular complexity index is 374. The van der Waals surface area contributed by atoms with Gasteiger partial charge in [-0.1, -0.05) is 37.6 Å². The molecule has 0 bridgehead atoms. The van der Waals surface area contributed by atoms with Crippen LogP contribution in [0.15, 0.2) is 24.3 Å². The molecule has 1 aromatic carbocycles. The summed E-state index contributed by atoms with van der Waals surface area (Å²) in [7, 11) is 0. The maximum atomic E-state index is 13.5. The van der Waals surface area contributed by atoms with Crippen LogP contribution >= 0.6 is 0 Å². The molecule has 0 saturated heterocycles.